The van der Waals surface area contributed by atoms with Gasteiger partial charge in [0.25, 0.3) is 5.91 Å². The van der Waals surface area contributed by atoms with Gasteiger partial charge in [-0.1, -0.05) is 32.9 Å². The number of carbonyl (C=O) groups excluding carboxylic acids is 1. The lowest BCUT2D eigenvalue weighted by atomic mass is 9.85. The largest absolute Gasteiger partial charge is 0.337 e. The van der Waals surface area contributed by atoms with Crippen molar-refractivity contribution >= 4 is 15.9 Å². The average Bonchev–Trinajstić information content (AvgIpc) is 2.71. The Morgan fingerprint density at radius 2 is 1.75 bits per heavy atom. The molecule has 1 aromatic rings. The van der Waals surface area contributed by atoms with Gasteiger partial charge in [-0.25, -0.2) is 12.7 Å². The molecule has 6 heteroatoms. The number of hydrogen-bond acceptors (Lipinski definition) is 3. The smallest absolute Gasteiger partial charge is 0.254 e. The topological polar surface area (TPSA) is 57.7 Å². The second-order valence-electron chi connectivity index (χ2n) is 7.59. The summed E-state index contributed by atoms with van der Waals surface area (Å²) in [6.07, 6.45) is 1.89. The number of aryl methyl sites for hydroxylation is 1. The minimum absolute atomic E-state index is 0.00560. The number of nitrogens with zero attached hydrogens (tertiary/aromatic N) is 2. The van der Waals surface area contributed by atoms with Crippen molar-refractivity contribution in [1.29, 1.82) is 0 Å². The van der Waals surface area contributed by atoms with Crippen molar-refractivity contribution in [3.63, 3.8) is 0 Å². The SMILES string of the molecule is Cc1ccc(C(C)(C)C)cc1C(=O)N1CCCN(S(C)(=O)=O)CC1. The summed E-state index contributed by atoms with van der Waals surface area (Å²) >= 11 is 0. The summed E-state index contributed by atoms with van der Waals surface area (Å²) in [7, 11) is -3.20. The third-order valence-electron chi connectivity index (χ3n) is 4.55. The van der Waals surface area contributed by atoms with Crippen molar-refractivity contribution in [2.24, 2.45) is 0 Å². The van der Waals surface area contributed by atoms with E-state index in [9.17, 15) is 13.2 Å². The Hall–Kier alpha value is -1.40. The van der Waals surface area contributed by atoms with Gasteiger partial charge in [-0.2, -0.15) is 0 Å². The van der Waals surface area contributed by atoms with Gasteiger partial charge in [-0.3, -0.25) is 4.79 Å². The van der Waals surface area contributed by atoms with Gasteiger partial charge < -0.3 is 4.90 Å². The van der Waals surface area contributed by atoms with Crippen molar-refractivity contribution < 1.29 is 13.2 Å². The van der Waals surface area contributed by atoms with Crippen molar-refractivity contribution in [2.75, 3.05) is 32.4 Å². The third kappa shape index (κ3) is 4.36. The number of hydrogen-bond donors (Lipinski definition) is 0. The number of benzene rings is 1. The molecule has 0 bridgehead atoms. The minimum atomic E-state index is -3.20. The summed E-state index contributed by atoms with van der Waals surface area (Å²) in [5.41, 5.74) is 2.78. The Balaban J connectivity index is 2.23. The first-order valence-electron chi connectivity index (χ1n) is 8.35. The highest BCUT2D eigenvalue weighted by atomic mass is 32.2. The zero-order chi connectivity index (χ0) is 18.1. The fourth-order valence-corrected chi connectivity index (χ4v) is 3.79. The first kappa shape index (κ1) is 18.9. The highest BCUT2D eigenvalue weighted by molar-refractivity contribution is 7.88. The van der Waals surface area contributed by atoms with E-state index in [-0.39, 0.29) is 11.3 Å². The molecule has 134 valence electrons. The Morgan fingerprint density at radius 1 is 1.08 bits per heavy atom. The van der Waals surface area contributed by atoms with Crippen LogP contribution in [0.15, 0.2) is 18.2 Å². The highest BCUT2D eigenvalue weighted by Crippen LogP contribution is 2.25. The molecule has 1 saturated heterocycles. The summed E-state index contributed by atoms with van der Waals surface area (Å²) in [6.45, 7) is 10.2. The highest BCUT2D eigenvalue weighted by Gasteiger charge is 2.26. The molecule has 0 aliphatic carbocycles. The van der Waals surface area contributed by atoms with E-state index in [1.165, 1.54) is 10.6 Å². The molecule has 1 aromatic carbocycles. The predicted octanol–water partition coefficient (Wildman–Crippen LogP) is 2.40. The standard InChI is InChI=1S/C18H28N2O3S/c1-14-7-8-15(18(2,3)4)13-16(14)17(21)19-9-6-10-20(12-11-19)24(5,22)23/h7-8,13H,6,9-12H2,1-5H3. The Morgan fingerprint density at radius 3 is 2.33 bits per heavy atom. The van der Waals surface area contributed by atoms with E-state index in [4.69, 9.17) is 0 Å². The van der Waals surface area contributed by atoms with Crippen LogP contribution >= 0.6 is 0 Å². The maximum absolute atomic E-state index is 13.0. The molecule has 0 aromatic heterocycles. The van der Waals surface area contributed by atoms with Gasteiger partial charge in [-0.05, 0) is 36.0 Å². The molecule has 1 fully saturated rings. The van der Waals surface area contributed by atoms with E-state index in [0.717, 1.165) is 16.7 Å². The molecule has 0 atom stereocenters. The number of rotatable bonds is 2. The first-order valence-corrected chi connectivity index (χ1v) is 10.2. The second kappa shape index (κ2) is 6.84. The molecule has 0 spiro atoms. The van der Waals surface area contributed by atoms with Gasteiger partial charge in [-0.15, -0.1) is 0 Å². The third-order valence-corrected chi connectivity index (χ3v) is 5.85. The summed E-state index contributed by atoms with van der Waals surface area (Å²) in [4.78, 5) is 14.7. The van der Waals surface area contributed by atoms with Gasteiger partial charge in [0.2, 0.25) is 10.0 Å². The van der Waals surface area contributed by atoms with E-state index < -0.39 is 10.0 Å². The van der Waals surface area contributed by atoms with Gasteiger partial charge >= 0.3 is 0 Å². The molecule has 0 saturated carbocycles. The molecule has 1 heterocycles. The van der Waals surface area contributed by atoms with Crippen LogP contribution in [0.3, 0.4) is 0 Å². The molecular formula is C18H28N2O3S. The Labute approximate surface area is 145 Å². The average molecular weight is 353 g/mol. The van der Waals surface area contributed by atoms with Crippen molar-refractivity contribution in [2.45, 2.75) is 39.5 Å². The lowest BCUT2D eigenvalue weighted by Crippen LogP contribution is -2.37. The van der Waals surface area contributed by atoms with Crippen LogP contribution in [-0.4, -0.2) is 56.0 Å². The summed E-state index contributed by atoms with van der Waals surface area (Å²) in [5, 5.41) is 0. The molecular weight excluding hydrogens is 324 g/mol. The molecule has 1 aliphatic heterocycles. The monoisotopic (exact) mass is 352 g/mol. The lowest BCUT2D eigenvalue weighted by Gasteiger charge is -2.24. The lowest BCUT2D eigenvalue weighted by molar-refractivity contribution is 0.0763. The maximum Gasteiger partial charge on any atom is 0.254 e. The number of amides is 1. The quantitative estimate of drug-likeness (QED) is 0.821. The van der Waals surface area contributed by atoms with E-state index in [1.54, 1.807) is 4.90 Å². The van der Waals surface area contributed by atoms with E-state index in [1.807, 2.05) is 19.1 Å². The van der Waals surface area contributed by atoms with E-state index in [0.29, 0.717) is 32.6 Å². The van der Waals surface area contributed by atoms with Crippen LogP contribution in [0, 0.1) is 6.92 Å². The molecule has 24 heavy (non-hydrogen) atoms. The van der Waals surface area contributed by atoms with Crippen molar-refractivity contribution in [3.8, 4) is 0 Å². The number of sulfonamides is 1. The second-order valence-corrected chi connectivity index (χ2v) is 9.57. The van der Waals surface area contributed by atoms with Gasteiger partial charge in [0.05, 0.1) is 6.26 Å². The number of carbonyl (C=O) groups is 1. The molecule has 1 aliphatic rings. The van der Waals surface area contributed by atoms with Gasteiger partial charge in [0.1, 0.15) is 0 Å². The Bertz CT molecular complexity index is 720. The van der Waals surface area contributed by atoms with Gasteiger partial charge in [0, 0.05) is 31.7 Å². The summed E-state index contributed by atoms with van der Waals surface area (Å²) in [5.74, 6) is -0.00560. The molecule has 1 amide bonds. The predicted molar refractivity (Wildman–Crippen MR) is 96.8 cm³/mol. The van der Waals surface area contributed by atoms with Crippen LogP contribution in [0.5, 0.6) is 0 Å². The normalized spacial score (nSPS) is 17.6. The van der Waals surface area contributed by atoms with Crippen LogP contribution in [0.2, 0.25) is 0 Å². The molecule has 2 rings (SSSR count). The van der Waals surface area contributed by atoms with E-state index in [2.05, 4.69) is 26.8 Å². The first-order chi connectivity index (χ1) is 11.0. The van der Waals surface area contributed by atoms with Crippen LogP contribution in [0.25, 0.3) is 0 Å². The molecule has 0 radical (unpaired) electrons. The van der Waals surface area contributed by atoms with Gasteiger partial charge in [0.15, 0.2) is 0 Å². The van der Waals surface area contributed by atoms with E-state index >= 15 is 0 Å². The van der Waals surface area contributed by atoms with Crippen LogP contribution < -0.4 is 0 Å². The Kier molecular flexibility index (Phi) is 5.40. The van der Waals surface area contributed by atoms with Crippen molar-refractivity contribution in [3.05, 3.63) is 34.9 Å². The maximum atomic E-state index is 13.0. The van der Waals surface area contributed by atoms with Crippen LogP contribution in [-0.2, 0) is 15.4 Å². The molecule has 0 unspecified atom stereocenters. The fourth-order valence-electron chi connectivity index (χ4n) is 2.92. The fraction of sp³-hybridized carbons (Fsp3) is 0.611. The molecule has 5 nitrogen and oxygen atoms in total. The van der Waals surface area contributed by atoms with Crippen LogP contribution in [0.1, 0.15) is 48.7 Å². The molecule has 0 N–H and O–H groups in total. The van der Waals surface area contributed by atoms with Crippen LogP contribution in [0.4, 0.5) is 0 Å². The minimum Gasteiger partial charge on any atom is -0.337 e. The zero-order valence-corrected chi connectivity index (χ0v) is 16.1. The summed E-state index contributed by atoms with van der Waals surface area (Å²) in [6, 6.07) is 6.05. The van der Waals surface area contributed by atoms with Crippen molar-refractivity contribution in [1.82, 2.24) is 9.21 Å². The zero-order valence-electron chi connectivity index (χ0n) is 15.3. The summed E-state index contributed by atoms with van der Waals surface area (Å²) < 4.78 is 24.9.